The maximum atomic E-state index is 12.3. The van der Waals surface area contributed by atoms with E-state index in [-0.39, 0.29) is 11.9 Å². The van der Waals surface area contributed by atoms with E-state index in [0.29, 0.717) is 18.8 Å². The van der Waals surface area contributed by atoms with Gasteiger partial charge in [-0.2, -0.15) is 0 Å². The number of nitrogens with one attached hydrogen (secondary N) is 1. The topological polar surface area (TPSA) is 45.2 Å². The van der Waals surface area contributed by atoms with Gasteiger partial charge in [-0.05, 0) is 44.4 Å². The number of anilines is 1. The standard InChI is InChI=1S/C16H21N3OS/c1-4-19(5-2)16(20)14-11-13(8-9-17-14)18-12(3)15-7-6-10-21-15/h6-12H,4-5H2,1-3H3,(H,17,18). The quantitative estimate of drug-likeness (QED) is 0.883. The van der Waals surface area contributed by atoms with Crippen molar-refractivity contribution in [1.82, 2.24) is 9.88 Å². The lowest BCUT2D eigenvalue weighted by atomic mass is 10.2. The lowest BCUT2D eigenvalue weighted by Crippen LogP contribution is -2.31. The molecular weight excluding hydrogens is 282 g/mol. The van der Waals surface area contributed by atoms with E-state index in [1.54, 1.807) is 22.4 Å². The molecule has 0 aromatic carbocycles. The van der Waals surface area contributed by atoms with Gasteiger partial charge in [0, 0.05) is 29.9 Å². The Morgan fingerprint density at radius 3 is 2.76 bits per heavy atom. The molecule has 4 nitrogen and oxygen atoms in total. The van der Waals surface area contributed by atoms with Crippen molar-refractivity contribution in [2.75, 3.05) is 18.4 Å². The third-order valence-electron chi connectivity index (χ3n) is 3.38. The molecule has 2 aromatic heterocycles. The Labute approximate surface area is 129 Å². The second-order valence-electron chi connectivity index (χ2n) is 4.79. The average molecular weight is 303 g/mol. The number of nitrogens with zero attached hydrogens (tertiary/aromatic N) is 2. The number of thiophene rings is 1. The molecule has 0 aliphatic carbocycles. The minimum Gasteiger partial charge on any atom is -0.378 e. The number of pyridine rings is 1. The van der Waals surface area contributed by atoms with Crippen LogP contribution in [0, 0.1) is 0 Å². The molecule has 2 aromatic rings. The van der Waals surface area contributed by atoms with Crippen LogP contribution in [0.4, 0.5) is 5.69 Å². The van der Waals surface area contributed by atoms with Crippen molar-refractivity contribution in [3.63, 3.8) is 0 Å². The summed E-state index contributed by atoms with van der Waals surface area (Å²) in [6, 6.07) is 8.07. The van der Waals surface area contributed by atoms with E-state index in [1.165, 1.54) is 4.88 Å². The Bertz CT molecular complexity index is 579. The Balaban J connectivity index is 2.12. The molecule has 2 rings (SSSR count). The van der Waals surface area contributed by atoms with Gasteiger partial charge in [-0.25, -0.2) is 0 Å². The molecular formula is C16H21N3OS. The summed E-state index contributed by atoms with van der Waals surface area (Å²) in [4.78, 5) is 19.5. The SMILES string of the molecule is CCN(CC)C(=O)c1cc(NC(C)c2cccs2)ccn1. The van der Waals surface area contributed by atoms with Gasteiger partial charge in [-0.1, -0.05) is 6.07 Å². The van der Waals surface area contributed by atoms with Gasteiger partial charge in [0.15, 0.2) is 0 Å². The Hall–Kier alpha value is -1.88. The van der Waals surface area contributed by atoms with E-state index < -0.39 is 0 Å². The minimum atomic E-state index is -0.0209. The molecule has 112 valence electrons. The first-order valence-corrected chi connectivity index (χ1v) is 8.09. The minimum absolute atomic E-state index is 0.0209. The second-order valence-corrected chi connectivity index (χ2v) is 5.77. The van der Waals surface area contributed by atoms with E-state index in [0.717, 1.165) is 5.69 Å². The Kier molecular flexibility index (Phi) is 5.33. The highest BCUT2D eigenvalue weighted by Crippen LogP contribution is 2.23. The zero-order valence-electron chi connectivity index (χ0n) is 12.7. The van der Waals surface area contributed by atoms with Gasteiger partial charge in [0.1, 0.15) is 5.69 Å². The summed E-state index contributed by atoms with van der Waals surface area (Å²) in [6.45, 7) is 7.45. The molecule has 0 saturated carbocycles. The van der Waals surface area contributed by atoms with Crippen molar-refractivity contribution in [2.24, 2.45) is 0 Å². The summed E-state index contributed by atoms with van der Waals surface area (Å²) in [5.74, 6) is -0.0209. The zero-order chi connectivity index (χ0) is 15.2. The van der Waals surface area contributed by atoms with Crippen LogP contribution in [0.3, 0.4) is 0 Å². The number of carbonyl (C=O) groups excluding carboxylic acids is 1. The second kappa shape index (κ2) is 7.22. The highest BCUT2D eigenvalue weighted by molar-refractivity contribution is 7.10. The molecule has 0 fully saturated rings. The molecule has 1 amide bonds. The first-order valence-electron chi connectivity index (χ1n) is 7.21. The van der Waals surface area contributed by atoms with E-state index in [9.17, 15) is 4.79 Å². The van der Waals surface area contributed by atoms with Crippen LogP contribution in [-0.2, 0) is 0 Å². The molecule has 0 saturated heterocycles. The monoisotopic (exact) mass is 303 g/mol. The van der Waals surface area contributed by atoms with Crippen LogP contribution in [0.2, 0.25) is 0 Å². The average Bonchev–Trinajstić information content (AvgIpc) is 3.03. The lowest BCUT2D eigenvalue weighted by molar-refractivity contribution is 0.0767. The third kappa shape index (κ3) is 3.82. The van der Waals surface area contributed by atoms with Crippen molar-refractivity contribution >= 4 is 22.9 Å². The van der Waals surface area contributed by atoms with Crippen molar-refractivity contribution in [2.45, 2.75) is 26.8 Å². The zero-order valence-corrected chi connectivity index (χ0v) is 13.5. The number of hydrogen-bond acceptors (Lipinski definition) is 4. The number of rotatable bonds is 6. The van der Waals surface area contributed by atoms with Gasteiger partial charge < -0.3 is 10.2 Å². The summed E-state index contributed by atoms with van der Waals surface area (Å²) < 4.78 is 0. The van der Waals surface area contributed by atoms with Gasteiger partial charge in [0.25, 0.3) is 5.91 Å². The lowest BCUT2D eigenvalue weighted by Gasteiger charge is -2.19. The van der Waals surface area contributed by atoms with Crippen LogP contribution >= 0.6 is 11.3 Å². The van der Waals surface area contributed by atoms with Crippen LogP contribution in [0.5, 0.6) is 0 Å². The Morgan fingerprint density at radius 1 is 1.38 bits per heavy atom. The molecule has 0 aliphatic rings. The summed E-state index contributed by atoms with van der Waals surface area (Å²) >= 11 is 1.72. The van der Waals surface area contributed by atoms with Gasteiger partial charge in [0.2, 0.25) is 0 Å². The maximum Gasteiger partial charge on any atom is 0.272 e. The summed E-state index contributed by atoms with van der Waals surface area (Å²) in [5.41, 5.74) is 1.41. The highest BCUT2D eigenvalue weighted by atomic mass is 32.1. The van der Waals surface area contributed by atoms with E-state index in [2.05, 4.69) is 28.7 Å². The molecule has 1 atom stereocenters. The maximum absolute atomic E-state index is 12.3. The molecule has 0 aliphatic heterocycles. The predicted octanol–water partition coefficient (Wildman–Crippen LogP) is 3.80. The van der Waals surface area contributed by atoms with Crippen LogP contribution in [-0.4, -0.2) is 28.9 Å². The molecule has 5 heteroatoms. The summed E-state index contributed by atoms with van der Waals surface area (Å²) in [7, 11) is 0. The molecule has 1 N–H and O–H groups in total. The molecule has 2 heterocycles. The van der Waals surface area contributed by atoms with Crippen LogP contribution in [0.25, 0.3) is 0 Å². The third-order valence-corrected chi connectivity index (χ3v) is 4.44. The van der Waals surface area contributed by atoms with Crippen LogP contribution in [0.15, 0.2) is 35.8 Å². The first kappa shape index (κ1) is 15.5. The van der Waals surface area contributed by atoms with Crippen molar-refractivity contribution in [3.05, 3.63) is 46.4 Å². The van der Waals surface area contributed by atoms with Gasteiger partial charge in [0.05, 0.1) is 6.04 Å². The number of aromatic nitrogens is 1. The fourth-order valence-corrected chi connectivity index (χ4v) is 2.90. The van der Waals surface area contributed by atoms with E-state index in [1.807, 2.05) is 32.0 Å². The summed E-state index contributed by atoms with van der Waals surface area (Å²) in [5, 5.41) is 5.48. The van der Waals surface area contributed by atoms with Crippen molar-refractivity contribution in [1.29, 1.82) is 0 Å². The van der Waals surface area contributed by atoms with Crippen molar-refractivity contribution < 1.29 is 4.79 Å². The summed E-state index contributed by atoms with van der Waals surface area (Å²) in [6.07, 6.45) is 1.68. The molecule has 21 heavy (non-hydrogen) atoms. The van der Waals surface area contributed by atoms with Crippen LogP contribution < -0.4 is 5.32 Å². The Morgan fingerprint density at radius 2 is 2.14 bits per heavy atom. The molecule has 0 bridgehead atoms. The normalized spacial score (nSPS) is 12.0. The highest BCUT2D eigenvalue weighted by Gasteiger charge is 2.15. The fourth-order valence-electron chi connectivity index (χ4n) is 2.17. The van der Waals surface area contributed by atoms with Gasteiger partial charge >= 0.3 is 0 Å². The van der Waals surface area contributed by atoms with E-state index >= 15 is 0 Å². The van der Waals surface area contributed by atoms with Gasteiger partial charge in [-0.3, -0.25) is 9.78 Å². The smallest absolute Gasteiger partial charge is 0.272 e. The number of carbonyl (C=O) groups is 1. The van der Waals surface area contributed by atoms with Gasteiger partial charge in [-0.15, -0.1) is 11.3 Å². The van der Waals surface area contributed by atoms with Crippen molar-refractivity contribution in [3.8, 4) is 0 Å². The van der Waals surface area contributed by atoms with Crippen LogP contribution in [0.1, 0.15) is 42.2 Å². The fraction of sp³-hybridized carbons (Fsp3) is 0.375. The molecule has 0 spiro atoms. The first-order chi connectivity index (χ1) is 10.2. The number of hydrogen-bond donors (Lipinski definition) is 1. The van der Waals surface area contributed by atoms with E-state index in [4.69, 9.17) is 0 Å². The largest absolute Gasteiger partial charge is 0.378 e. The molecule has 0 radical (unpaired) electrons. The molecule has 1 unspecified atom stereocenters. The number of amides is 1. The predicted molar refractivity (Wildman–Crippen MR) is 87.8 cm³/mol.